The fourth-order valence-electron chi connectivity index (χ4n) is 2.28. The molecule has 0 aliphatic carbocycles. The summed E-state index contributed by atoms with van der Waals surface area (Å²) in [6.07, 6.45) is 4.14. The fourth-order valence-corrected chi connectivity index (χ4v) is 3.10. The molecule has 0 radical (unpaired) electrons. The molecule has 4 heteroatoms. The molecule has 1 aromatic heterocycles. The lowest BCUT2D eigenvalue weighted by Gasteiger charge is -2.24. The highest BCUT2D eigenvalue weighted by atomic mass is 32.1. The van der Waals surface area contributed by atoms with Crippen LogP contribution in [0.2, 0.25) is 0 Å². The Labute approximate surface area is 127 Å². The van der Waals surface area contributed by atoms with Gasteiger partial charge in [0.25, 0.3) is 0 Å². The number of hydrogen-bond donors (Lipinski definition) is 2. The summed E-state index contributed by atoms with van der Waals surface area (Å²) < 4.78 is 0. The van der Waals surface area contributed by atoms with Crippen LogP contribution < -0.4 is 10.6 Å². The Bertz CT molecular complexity index is 374. The molecule has 0 aromatic carbocycles. The minimum absolute atomic E-state index is 0.108. The maximum Gasteiger partial charge on any atom is 0.237 e. The van der Waals surface area contributed by atoms with Gasteiger partial charge >= 0.3 is 0 Å². The number of rotatable bonds is 9. The van der Waals surface area contributed by atoms with Crippen LogP contribution in [0.5, 0.6) is 0 Å². The van der Waals surface area contributed by atoms with Crippen molar-refractivity contribution in [1.82, 2.24) is 10.6 Å². The molecule has 20 heavy (non-hydrogen) atoms. The molecular weight excluding hydrogens is 268 g/mol. The summed E-state index contributed by atoms with van der Waals surface area (Å²) in [4.78, 5) is 13.5. The van der Waals surface area contributed by atoms with E-state index in [-0.39, 0.29) is 24.0 Å². The van der Waals surface area contributed by atoms with E-state index in [1.807, 2.05) is 6.92 Å². The monoisotopic (exact) mass is 296 g/mol. The molecule has 114 valence electrons. The largest absolute Gasteiger partial charge is 0.352 e. The summed E-state index contributed by atoms with van der Waals surface area (Å²) in [5.74, 6) is 0.108. The lowest BCUT2D eigenvalue weighted by molar-refractivity contribution is -0.123. The molecule has 0 spiro atoms. The summed E-state index contributed by atoms with van der Waals surface area (Å²) in [5, 5.41) is 8.67. The molecule has 2 unspecified atom stereocenters. The van der Waals surface area contributed by atoms with Crippen molar-refractivity contribution in [2.45, 2.75) is 71.5 Å². The molecule has 3 nitrogen and oxygen atoms in total. The van der Waals surface area contributed by atoms with E-state index in [0.717, 1.165) is 25.7 Å². The Balaban J connectivity index is 2.57. The Kier molecular flexibility index (Phi) is 7.85. The van der Waals surface area contributed by atoms with Crippen LogP contribution in [-0.2, 0) is 4.79 Å². The predicted molar refractivity (Wildman–Crippen MR) is 87.1 cm³/mol. The second-order valence-corrected chi connectivity index (χ2v) is 6.25. The SMILES string of the molecule is CCCC(NC(C)C(=O)NC(CC)CC)c1cccs1. The first-order valence-electron chi connectivity index (χ1n) is 7.72. The Hall–Kier alpha value is -0.870. The molecule has 0 aliphatic rings. The van der Waals surface area contributed by atoms with Crippen LogP contribution in [0.15, 0.2) is 17.5 Å². The van der Waals surface area contributed by atoms with Crippen LogP contribution >= 0.6 is 11.3 Å². The number of carbonyl (C=O) groups excluding carboxylic acids is 1. The summed E-state index contributed by atoms with van der Waals surface area (Å²) in [6, 6.07) is 4.62. The van der Waals surface area contributed by atoms with Crippen LogP contribution in [-0.4, -0.2) is 18.0 Å². The molecule has 0 bridgehead atoms. The van der Waals surface area contributed by atoms with Crippen molar-refractivity contribution in [1.29, 1.82) is 0 Å². The fraction of sp³-hybridized carbons (Fsp3) is 0.688. The maximum atomic E-state index is 12.2. The number of amides is 1. The smallest absolute Gasteiger partial charge is 0.237 e. The second-order valence-electron chi connectivity index (χ2n) is 5.27. The van der Waals surface area contributed by atoms with Crippen LogP contribution in [0.3, 0.4) is 0 Å². The third kappa shape index (κ3) is 5.25. The average molecular weight is 296 g/mol. The van der Waals surface area contributed by atoms with Crippen LogP contribution in [0.4, 0.5) is 0 Å². The van der Waals surface area contributed by atoms with Gasteiger partial charge in [-0.2, -0.15) is 0 Å². The molecule has 2 atom stereocenters. The zero-order valence-electron chi connectivity index (χ0n) is 13.1. The van der Waals surface area contributed by atoms with E-state index in [0.29, 0.717) is 0 Å². The Morgan fingerprint density at radius 2 is 2.00 bits per heavy atom. The normalized spacial score (nSPS) is 14.2. The zero-order valence-corrected chi connectivity index (χ0v) is 13.9. The summed E-state index contributed by atoms with van der Waals surface area (Å²) in [5.41, 5.74) is 0. The lowest BCUT2D eigenvalue weighted by atomic mass is 10.1. The van der Waals surface area contributed by atoms with E-state index in [4.69, 9.17) is 0 Å². The molecule has 1 aromatic rings. The first-order valence-corrected chi connectivity index (χ1v) is 8.60. The van der Waals surface area contributed by atoms with Gasteiger partial charge in [0.15, 0.2) is 0 Å². The van der Waals surface area contributed by atoms with E-state index in [1.165, 1.54) is 4.88 Å². The Morgan fingerprint density at radius 1 is 1.30 bits per heavy atom. The standard InChI is InChI=1S/C16H28N2OS/c1-5-9-14(15-10-8-11-20-15)17-12(4)16(19)18-13(6-2)7-3/h8,10-14,17H,5-7,9H2,1-4H3,(H,18,19). The number of nitrogens with one attached hydrogen (secondary N) is 2. The van der Waals surface area contributed by atoms with Crippen molar-refractivity contribution >= 4 is 17.2 Å². The van der Waals surface area contributed by atoms with Crippen molar-refractivity contribution in [3.63, 3.8) is 0 Å². The molecule has 1 rings (SSSR count). The van der Waals surface area contributed by atoms with Gasteiger partial charge in [-0.15, -0.1) is 11.3 Å². The number of hydrogen-bond acceptors (Lipinski definition) is 3. The first-order chi connectivity index (χ1) is 9.62. The van der Waals surface area contributed by atoms with Crippen molar-refractivity contribution < 1.29 is 4.79 Å². The van der Waals surface area contributed by atoms with E-state index in [9.17, 15) is 4.79 Å². The molecular formula is C16H28N2OS. The summed E-state index contributed by atoms with van der Waals surface area (Å²) in [7, 11) is 0. The van der Waals surface area contributed by atoms with E-state index >= 15 is 0 Å². The van der Waals surface area contributed by atoms with E-state index < -0.39 is 0 Å². The van der Waals surface area contributed by atoms with E-state index in [1.54, 1.807) is 11.3 Å². The first kappa shape index (κ1) is 17.2. The van der Waals surface area contributed by atoms with E-state index in [2.05, 4.69) is 48.9 Å². The molecule has 0 fully saturated rings. The lowest BCUT2D eigenvalue weighted by Crippen LogP contribution is -2.46. The van der Waals surface area contributed by atoms with Crippen LogP contribution in [0.1, 0.15) is 64.3 Å². The molecule has 0 saturated heterocycles. The van der Waals surface area contributed by atoms with Gasteiger partial charge in [0, 0.05) is 17.0 Å². The van der Waals surface area contributed by atoms with Crippen molar-refractivity contribution in [2.24, 2.45) is 0 Å². The molecule has 0 saturated carbocycles. The van der Waals surface area contributed by atoms with Gasteiger partial charge in [0.05, 0.1) is 6.04 Å². The quantitative estimate of drug-likeness (QED) is 0.726. The summed E-state index contributed by atoms with van der Waals surface area (Å²) in [6.45, 7) is 8.35. The number of carbonyl (C=O) groups is 1. The topological polar surface area (TPSA) is 41.1 Å². The highest BCUT2D eigenvalue weighted by molar-refractivity contribution is 7.10. The van der Waals surface area contributed by atoms with Gasteiger partial charge in [-0.3, -0.25) is 10.1 Å². The zero-order chi connectivity index (χ0) is 15.0. The molecule has 1 heterocycles. The van der Waals surface area contributed by atoms with Gasteiger partial charge in [0.2, 0.25) is 5.91 Å². The predicted octanol–water partition coefficient (Wildman–Crippen LogP) is 3.87. The molecule has 2 N–H and O–H groups in total. The van der Waals surface area contributed by atoms with Crippen molar-refractivity contribution in [3.05, 3.63) is 22.4 Å². The van der Waals surface area contributed by atoms with Gasteiger partial charge in [0.1, 0.15) is 0 Å². The van der Waals surface area contributed by atoms with Gasteiger partial charge in [-0.05, 0) is 37.6 Å². The highest BCUT2D eigenvalue weighted by Gasteiger charge is 2.20. The highest BCUT2D eigenvalue weighted by Crippen LogP contribution is 2.23. The van der Waals surface area contributed by atoms with Crippen molar-refractivity contribution in [2.75, 3.05) is 0 Å². The van der Waals surface area contributed by atoms with Crippen LogP contribution in [0.25, 0.3) is 0 Å². The van der Waals surface area contributed by atoms with Gasteiger partial charge in [-0.1, -0.05) is 33.3 Å². The second kappa shape index (κ2) is 9.14. The minimum atomic E-state index is -0.158. The third-order valence-electron chi connectivity index (χ3n) is 3.64. The summed E-state index contributed by atoms with van der Waals surface area (Å²) >= 11 is 1.75. The van der Waals surface area contributed by atoms with Gasteiger partial charge < -0.3 is 5.32 Å². The molecule has 0 aliphatic heterocycles. The van der Waals surface area contributed by atoms with Crippen LogP contribution in [0, 0.1) is 0 Å². The molecule has 1 amide bonds. The minimum Gasteiger partial charge on any atom is -0.352 e. The van der Waals surface area contributed by atoms with Gasteiger partial charge in [-0.25, -0.2) is 0 Å². The third-order valence-corrected chi connectivity index (χ3v) is 4.63. The van der Waals surface area contributed by atoms with Crippen molar-refractivity contribution in [3.8, 4) is 0 Å². The maximum absolute atomic E-state index is 12.2. The number of thiophene rings is 1. The average Bonchev–Trinajstić information content (AvgIpc) is 2.97. The Morgan fingerprint density at radius 3 is 2.50 bits per heavy atom.